The summed E-state index contributed by atoms with van der Waals surface area (Å²) in [5.74, 6) is 3.71. The summed E-state index contributed by atoms with van der Waals surface area (Å²) in [5.41, 5.74) is 7.62. The highest BCUT2D eigenvalue weighted by Gasteiger charge is 2.39. The van der Waals surface area contributed by atoms with Crippen molar-refractivity contribution in [3.63, 3.8) is 0 Å². The maximum atomic E-state index is 5.81. The second-order valence-corrected chi connectivity index (χ2v) is 6.55. The smallest absolute Gasteiger partial charge is 0.134 e. The molecule has 3 N–H and O–H groups in total. The molecule has 0 saturated heterocycles. The summed E-state index contributed by atoms with van der Waals surface area (Å²) in [6.07, 6.45) is 5.70. The molecule has 2 saturated carbocycles. The van der Waals surface area contributed by atoms with E-state index in [1.165, 1.54) is 25.7 Å². The minimum Gasteiger partial charge on any atom is -0.389 e. The number of rotatable bonds is 4. The largest absolute Gasteiger partial charge is 0.389 e. The average Bonchev–Trinajstić information content (AvgIpc) is 3.00. The van der Waals surface area contributed by atoms with Crippen LogP contribution in [0.3, 0.4) is 0 Å². The minimum atomic E-state index is 0.432. The number of nitrogens with zero attached hydrogens (tertiary/aromatic N) is 2. The first-order valence-corrected chi connectivity index (χ1v) is 7.54. The molecule has 5 heteroatoms. The first-order valence-electron chi connectivity index (χ1n) is 7.13. The standard InChI is InChI=1S/C14H22N4S/c1-8-12(13(15)19)14(18(2)17-8)16-7-11-6-9-3-4-10(11)5-9/h9-11,16H,3-7H2,1-2H3,(H2,15,19). The van der Waals surface area contributed by atoms with Gasteiger partial charge in [-0.1, -0.05) is 18.6 Å². The molecule has 1 aromatic heterocycles. The molecule has 1 aromatic rings. The van der Waals surface area contributed by atoms with E-state index in [4.69, 9.17) is 18.0 Å². The summed E-state index contributed by atoms with van der Waals surface area (Å²) in [4.78, 5) is 0.432. The summed E-state index contributed by atoms with van der Waals surface area (Å²) in [7, 11) is 1.94. The number of aromatic nitrogens is 2. The van der Waals surface area contributed by atoms with Crippen LogP contribution >= 0.6 is 12.2 Å². The summed E-state index contributed by atoms with van der Waals surface area (Å²) >= 11 is 5.14. The lowest BCUT2D eigenvalue weighted by Gasteiger charge is -2.22. The summed E-state index contributed by atoms with van der Waals surface area (Å²) in [6.45, 7) is 2.98. The first kappa shape index (κ1) is 12.9. The number of hydrogen-bond acceptors (Lipinski definition) is 3. The van der Waals surface area contributed by atoms with Crippen LogP contribution in [0, 0.1) is 24.7 Å². The Kier molecular flexibility index (Phi) is 3.25. The SMILES string of the molecule is Cc1nn(C)c(NCC2CC3CCC2C3)c1C(N)=S. The molecule has 3 atom stereocenters. The van der Waals surface area contributed by atoms with E-state index in [1.807, 2.05) is 18.7 Å². The van der Waals surface area contributed by atoms with E-state index in [0.717, 1.165) is 41.4 Å². The van der Waals surface area contributed by atoms with Crippen molar-refractivity contribution in [1.82, 2.24) is 9.78 Å². The van der Waals surface area contributed by atoms with Gasteiger partial charge in [-0.05, 0) is 43.9 Å². The van der Waals surface area contributed by atoms with Gasteiger partial charge in [0.05, 0.1) is 11.3 Å². The van der Waals surface area contributed by atoms with Crippen molar-refractivity contribution in [2.24, 2.45) is 30.5 Å². The molecule has 104 valence electrons. The summed E-state index contributed by atoms with van der Waals surface area (Å²) in [6, 6.07) is 0. The van der Waals surface area contributed by atoms with Crippen molar-refractivity contribution >= 4 is 23.0 Å². The highest BCUT2D eigenvalue weighted by atomic mass is 32.1. The van der Waals surface area contributed by atoms with Crippen LogP contribution < -0.4 is 11.1 Å². The van der Waals surface area contributed by atoms with Crippen molar-refractivity contribution in [3.05, 3.63) is 11.3 Å². The molecule has 19 heavy (non-hydrogen) atoms. The maximum absolute atomic E-state index is 5.81. The zero-order chi connectivity index (χ0) is 13.6. The number of aryl methyl sites for hydroxylation is 2. The Morgan fingerprint density at radius 2 is 2.26 bits per heavy atom. The predicted octanol–water partition coefficient (Wildman–Crippen LogP) is 2.21. The van der Waals surface area contributed by atoms with Gasteiger partial charge in [-0.15, -0.1) is 0 Å². The Morgan fingerprint density at radius 1 is 1.47 bits per heavy atom. The predicted molar refractivity (Wildman–Crippen MR) is 81.3 cm³/mol. The Balaban J connectivity index is 1.71. The van der Waals surface area contributed by atoms with E-state index in [0.29, 0.717) is 4.99 Å². The normalized spacial score (nSPS) is 28.8. The molecular weight excluding hydrogens is 256 g/mol. The lowest BCUT2D eigenvalue weighted by molar-refractivity contribution is 0.348. The fourth-order valence-electron chi connectivity index (χ4n) is 4.01. The van der Waals surface area contributed by atoms with Crippen LogP contribution in [-0.2, 0) is 7.05 Å². The molecule has 3 rings (SSSR count). The second-order valence-electron chi connectivity index (χ2n) is 6.11. The van der Waals surface area contributed by atoms with Crippen LogP contribution in [0.25, 0.3) is 0 Å². The van der Waals surface area contributed by atoms with Crippen LogP contribution in [0.4, 0.5) is 5.82 Å². The van der Waals surface area contributed by atoms with Gasteiger partial charge in [-0.3, -0.25) is 4.68 Å². The number of hydrogen-bond donors (Lipinski definition) is 2. The van der Waals surface area contributed by atoms with E-state index < -0.39 is 0 Å². The van der Waals surface area contributed by atoms with Crippen molar-refractivity contribution in [2.75, 3.05) is 11.9 Å². The molecule has 0 radical (unpaired) electrons. The van der Waals surface area contributed by atoms with Gasteiger partial charge in [0.25, 0.3) is 0 Å². The van der Waals surface area contributed by atoms with Gasteiger partial charge in [0.1, 0.15) is 10.8 Å². The molecule has 4 nitrogen and oxygen atoms in total. The first-order chi connectivity index (χ1) is 9.06. The molecule has 0 aliphatic heterocycles. The Hall–Kier alpha value is -1.10. The number of fused-ring (bicyclic) bond motifs is 2. The van der Waals surface area contributed by atoms with Crippen molar-refractivity contribution < 1.29 is 0 Å². The molecule has 2 bridgehead atoms. The number of nitrogens with two attached hydrogens (primary N) is 1. The highest BCUT2D eigenvalue weighted by Crippen LogP contribution is 2.48. The third-order valence-corrected chi connectivity index (χ3v) is 5.09. The van der Waals surface area contributed by atoms with Crippen LogP contribution in [0.5, 0.6) is 0 Å². The average molecular weight is 278 g/mol. The van der Waals surface area contributed by atoms with Crippen molar-refractivity contribution in [3.8, 4) is 0 Å². The van der Waals surface area contributed by atoms with Crippen molar-refractivity contribution in [2.45, 2.75) is 32.6 Å². The molecule has 2 fully saturated rings. The van der Waals surface area contributed by atoms with Crippen LogP contribution in [0.2, 0.25) is 0 Å². The number of anilines is 1. The minimum absolute atomic E-state index is 0.432. The third kappa shape index (κ3) is 2.24. The highest BCUT2D eigenvalue weighted by molar-refractivity contribution is 7.80. The lowest BCUT2D eigenvalue weighted by atomic mass is 9.89. The molecule has 2 aliphatic carbocycles. The van der Waals surface area contributed by atoms with Gasteiger partial charge >= 0.3 is 0 Å². The van der Waals surface area contributed by atoms with Gasteiger partial charge in [0.15, 0.2) is 0 Å². The summed E-state index contributed by atoms with van der Waals surface area (Å²) in [5, 5.41) is 7.96. The van der Waals surface area contributed by atoms with E-state index in [2.05, 4.69) is 10.4 Å². The number of nitrogens with one attached hydrogen (secondary N) is 1. The molecule has 0 aromatic carbocycles. The molecular formula is C14H22N4S. The molecule has 0 amide bonds. The fraction of sp³-hybridized carbons (Fsp3) is 0.714. The van der Waals surface area contributed by atoms with Crippen LogP contribution in [0.15, 0.2) is 0 Å². The summed E-state index contributed by atoms with van der Waals surface area (Å²) < 4.78 is 1.86. The quantitative estimate of drug-likeness (QED) is 0.829. The van der Waals surface area contributed by atoms with E-state index >= 15 is 0 Å². The zero-order valence-corrected chi connectivity index (χ0v) is 12.5. The monoisotopic (exact) mass is 278 g/mol. The Labute approximate surface area is 119 Å². The zero-order valence-electron chi connectivity index (χ0n) is 11.6. The third-order valence-electron chi connectivity index (χ3n) is 4.88. The van der Waals surface area contributed by atoms with Gasteiger partial charge in [0, 0.05) is 13.6 Å². The van der Waals surface area contributed by atoms with Gasteiger partial charge in [0.2, 0.25) is 0 Å². The molecule has 0 spiro atoms. The van der Waals surface area contributed by atoms with Gasteiger partial charge in [-0.25, -0.2) is 0 Å². The Bertz CT molecular complexity index is 508. The molecule has 2 aliphatic rings. The Morgan fingerprint density at radius 3 is 2.84 bits per heavy atom. The lowest BCUT2D eigenvalue weighted by Crippen LogP contribution is -2.22. The second kappa shape index (κ2) is 4.78. The van der Waals surface area contributed by atoms with E-state index in [-0.39, 0.29) is 0 Å². The molecule has 1 heterocycles. The maximum Gasteiger partial charge on any atom is 0.134 e. The fourth-order valence-corrected chi connectivity index (χ4v) is 4.25. The van der Waals surface area contributed by atoms with Crippen molar-refractivity contribution in [1.29, 1.82) is 0 Å². The van der Waals surface area contributed by atoms with Crippen LogP contribution in [0.1, 0.15) is 36.9 Å². The topological polar surface area (TPSA) is 55.9 Å². The van der Waals surface area contributed by atoms with Crippen LogP contribution in [-0.4, -0.2) is 21.3 Å². The van der Waals surface area contributed by atoms with Gasteiger partial charge in [-0.2, -0.15) is 5.10 Å². The van der Waals surface area contributed by atoms with Gasteiger partial charge < -0.3 is 11.1 Å². The van der Waals surface area contributed by atoms with E-state index in [9.17, 15) is 0 Å². The number of thiocarbonyl (C=S) groups is 1. The van der Waals surface area contributed by atoms with E-state index in [1.54, 1.807) is 0 Å². The molecule has 3 unspecified atom stereocenters.